The summed E-state index contributed by atoms with van der Waals surface area (Å²) in [6.45, 7) is 3.67. The van der Waals surface area contributed by atoms with Crippen LogP contribution >= 0.6 is 0 Å². The van der Waals surface area contributed by atoms with Crippen LogP contribution in [0.5, 0.6) is 5.75 Å². The highest BCUT2D eigenvalue weighted by Gasteiger charge is 2.26. The highest BCUT2D eigenvalue weighted by Crippen LogP contribution is 2.27. The maximum Gasteiger partial charge on any atom is 0.261 e. The second-order valence-electron chi connectivity index (χ2n) is 9.08. The molecule has 0 bridgehead atoms. The first kappa shape index (κ1) is 21.6. The quantitative estimate of drug-likeness (QED) is 0.603. The highest BCUT2D eigenvalue weighted by atomic mass is 16.5. The number of aromatic nitrogens is 2. The van der Waals surface area contributed by atoms with Crippen LogP contribution in [0.1, 0.15) is 24.8 Å². The summed E-state index contributed by atoms with van der Waals surface area (Å²) < 4.78 is 6.95. The van der Waals surface area contributed by atoms with Gasteiger partial charge in [0.2, 0.25) is 5.91 Å². The molecule has 0 spiro atoms. The average Bonchev–Trinajstić information content (AvgIpc) is 2.86. The van der Waals surface area contributed by atoms with E-state index in [-0.39, 0.29) is 11.5 Å². The fourth-order valence-electron chi connectivity index (χ4n) is 5.07. The van der Waals surface area contributed by atoms with Gasteiger partial charge in [-0.15, -0.1) is 0 Å². The van der Waals surface area contributed by atoms with E-state index in [1.54, 1.807) is 36.2 Å². The van der Waals surface area contributed by atoms with E-state index in [4.69, 9.17) is 4.74 Å². The number of benzene rings is 2. The number of aryl methyl sites for hydroxylation is 1. The Kier molecular flexibility index (Phi) is 6.13. The fourth-order valence-corrected chi connectivity index (χ4v) is 5.07. The van der Waals surface area contributed by atoms with E-state index in [2.05, 4.69) is 22.0 Å². The van der Waals surface area contributed by atoms with Crippen LogP contribution in [0.25, 0.3) is 10.9 Å². The standard InChI is InChI=1S/C26H30N4O3/c1-33-21-8-9-22-23(15-21)27-18-29(26(22)32)16-19-10-13-28(14-11-19)17-25(31)30-12-4-6-20-5-2-3-7-24(20)30/h2-3,5,7-9,15,18-19H,4,6,10-14,16-17H2,1H3. The van der Waals surface area contributed by atoms with E-state index in [1.165, 1.54) is 5.56 Å². The minimum atomic E-state index is -0.0102. The lowest BCUT2D eigenvalue weighted by molar-refractivity contribution is -0.120. The molecule has 5 rings (SSSR count). The van der Waals surface area contributed by atoms with Gasteiger partial charge in [0.15, 0.2) is 0 Å². The molecule has 0 aliphatic carbocycles. The third-order valence-electron chi connectivity index (χ3n) is 6.96. The smallest absolute Gasteiger partial charge is 0.261 e. The van der Waals surface area contributed by atoms with Gasteiger partial charge in [0.05, 0.1) is 30.9 Å². The zero-order chi connectivity index (χ0) is 22.8. The molecule has 0 N–H and O–H groups in total. The van der Waals surface area contributed by atoms with Gasteiger partial charge in [0.1, 0.15) is 5.75 Å². The Labute approximate surface area is 193 Å². The van der Waals surface area contributed by atoms with Crippen molar-refractivity contribution < 1.29 is 9.53 Å². The number of anilines is 1. The van der Waals surface area contributed by atoms with Gasteiger partial charge in [0.25, 0.3) is 5.56 Å². The maximum absolute atomic E-state index is 13.0. The third kappa shape index (κ3) is 4.50. The zero-order valence-corrected chi connectivity index (χ0v) is 19.1. The number of nitrogens with zero attached hydrogens (tertiary/aromatic N) is 4. The summed E-state index contributed by atoms with van der Waals surface area (Å²) in [6.07, 6.45) is 5.65. The van der Waals surface area contributed by atoms with Gasteiger partial charge < -0.3 is 9.64 Å². The van der Waals surface area contributed by atoms with Gasteiger partial charge in [-0.3, -0.25) is 19.1 Å². The lowest BCUT2D eigenvalue weighted by Gasteiger charge is -2.35. The van der Waals surface area contributed by atoms with Gasteiger partial charge in [-0.25, -0.2) is 4.98 Å². The predicted molar refractivity (Wildman–Crippen MR) is 129 cm³/mol. The Morgan fingerprint density at radius 3 is 2.76 bits per heavy atom. The number of hydrogen-bond donors (Lipinski definition) is 0. The lowest BCUT2D eigenvalue weighted by atomic mass is 9.96. The second-order valence-corrected chi connectivity index (χ2v) is 9.08. The molecule has 172 valence electrons. The minimum absolute atomic E-state index is 0.0102. The zero-order valence-electron chi connectivity index (χ0n) is 19.1. The third-order valence-corrected chi connectivity index (χ3v) is 6.96. The second kappa shape index (κ2) is 9.35. The van der Waals surface area contributed by atoms with Crippen LogP contribution in [0.2, 0.25) is 0 Å². The summed E-state index contributed by atoms with van der Waals surface area (Å²) in [5.74, 6) is 1.29. The molecule has 2 aliphatic heterocycles. The Morgan fingerprint density at radius 1 is 1.12 bits per heavy atom. The summed E-state index contributed by atoms with van der Waals surface area (Å²) in [5, 5.41) is 0.614. The Balaban J connectivity index is 1.19. The molecule has 2 aliphatic rings. The largest absolute Gasteiger partial charge is 0.497 e. The monoisotopic (exact) mass is 446 g/mol. The molecule has 7 nitrogen and oxygen atoms in total. The van der Waals surface area contributed by atoms with E-state index >= 15 is 0 Å². The number of likely N-dealkylation sites (tertiary alicyclic amines) is 1. The van der Waals surface area contributed by atoms with Crippen molar-refractivity contribution in [1.82, 2.24) is 14.5 Å². The van der Waals surface area contributed by atoms with Gasteiger partial charge in [0, 0.05) is 24.8 Å². The van der Waals surface area contributed by atoms with Crippen LogP contribution in [-0.2, 0) is 17.8 Å². The number of para-hydroxylation sites is 1. The first-order valence-electron chi connectivity index (χ1n) is 11.8. The van der Waals surface area contributed by atoms with Gasteiger partial charge in [-0.05, 0) is 68.5 Å². The van der Waals surface area contributed by atoms with Crippen LogP contribution in [0, 0.1) is 5.92 Å². The number of methoxy groups -OCH3 is 1. The van der Waals surface area contributed by atoms with Crippen LogP contribution in [0.4, 0.5) is 5.69 Å². The maximum atomic E-state index is 13.0. The van der Waals surface area contributed by atoms with Crippen LogP contribution in [0.3, 0.4) is 0 Å². The number of fused-ring (bicyclic) bond motifs is 2. The average molecular weight is 447 g/mol. The van der Waals surface area contributed by atoms with Crippen molar-refractivity contribution in [3.05, 3.63) is 64.7 Å². The molecule has 0 radical (unpaired) electrons. The van der Waals surface area contributed by atoms with Gasteiger partial charge >= 0.3 is 0 Å². The fraction of sp³-hybridized carbons (Fsp3) is 0.423. The number of rotatable bonds is 5. The molecule has 1 amide bonds. The molecule has 0 unspecified atom stereocenters. The Bertz CT molecular complexity index is 1210. The molecule has 1 fully saturated rings. The molecule has 1 aromatic heterocycles. The molecule has 1 saturated heterocycles. The van der Waals surface area contributed by atoms with Gasteiger partial charge in [-0.1, -0.05) is 18.2 Å². The van der Waals surface area contributed by atoms with Crippen LogP contribution in [0.15, 0.2) is 53.6 Å². The lowest BCUT2D eigenvalue weighted by Crippen LogP contribution is -2.45. The van der Waals surface area contributed by atoms with E-state index in [1.807, 2.05) is 17.0 Å². The van der Waals surface area contributed by atoms with E-state index in [0.29, 0.717) is 35.7 Å². The molecular weight excluding hydrogens is 416 g/mol. The topological polar surface area (TPSA) is 67.7 Å². The normalized spacial score (nSPS) is 17.2. The Morgan fingerprint density at radius 2 is 1.94 bits per heavy atom. The van der Waals surface area contributed by atoms with Crippen molar-refractivity contribution >= 4 is 22.5 Å². The minimum Gasteiger partial charge on any atom is -0.497 e. The molecule has 2 aromatic carbocycles. The van der Waals surface area contributed by atoms with Crippen molar-refractivity contribution in [2.75, 3.05) is 38.2 Å². The number of ether oxygens (including phenoxy) is 1. The molecule has 0 atom stereocenters. The van der Waals surface area contributed by atoms with Gasteiger partial charge in [-0.2, -0.15) is 0 Å². The first-order chi connectivity index (χ1) is 16.1. The summed E-state index contributed by atoms with van der Waals surface area (Å²) in [6, 6.07) is 13.6. The number of piperidine rings is 1. The predicted octanol–water partition coefficient (Wildman–Crippen LogP) is 3.10. The van der Waals surface area contributed by atoms with Crippen molar-refractivity contribution in [2.45, 2.75) is 32.2 Å². The SMILES string of the molecule is COc1ccc2c(=O)n(CC3CCN(CC(=O)N4CCCc5ccccc54)CC3)cnc2c1. The number of carbonyl (C=O) groups excluding carboxylic acids is 1. The highest BCUT2D eigenvalue weighted by molar-refractivity contribution is 5.96. The van der Waals surface area contributed by atoms with Crippen molar-refractivity contribution in [2.24, 2.45) is 5.92 Å². The number of amides is 1. The van der Waals surface area contributed by atoms with Crippen molar-refractivity contribution in [3.8, 4) is 5.75 Å². The first-order valence-corrected chi connectivity index (χ1v) is 11.8. The van der Waals surface area contributed by atoms with E-state index < -0.39 is 0 Å². The number of carbonyl (C=O) groups is 1. The summed E-state index contributed by atoms with van der Waals surface area (Å²) >= 11 is 0. The molecule has 0 saturated carbocycles. The van der Waals surface area contributed by atoms with E-state index in [9.17, 15) is 9.59 Å². The summed E-state index contributed by atoms with van der Waals surface area (Å²) in [4.78, 5) is 34.6. The van der Waals surface area contributed by atoms with Crippen LogP contribution in [-0.4, -0.2) is 53.6 Å². The Hall–Kier alpha value is -3.19. The molecular formula is C26H30N4O3. The van der Waals surface area contributed by atoms with Crippen LogP contribution < -0.4 is 15.2 Å². The molecule has 3 heterocycles. The van der Waals surface area contributed by atoms with E-state index in [0.717, 1.165) is 51.0 Å². The summed E-state index contributed by atoms with van der Waals surface area (Å²) in [7, 11) is 1.60. The van der Waals surface area contributed by atoms with Crippen molar-refractivity contribution in [1.29, 1.82) is 0 Å². The van der Waals surface area contributed by atoms with Crippen molar-refractivity contribution in [3.63, 3.8) is 0 Å². The summed E-state index contributed by atoms with van der Waals surface area (Å²) in [5.41, 5.74) is 2.99. The molecule has 3 aromatic rings. The molecule has 7 heteroatoms. The number of hydrogen-bond acceptors (Lipinski definition) is 5. The molecule has 33 heavy (non-hydrogen) atoms.